The summed E-state index contributed by atoms with van der Waals surface area (Å²) < 4.78 is 0. The summed E-state index contributed by atoms with van der Waals surface area (Å²) in [5, 5.41) is 6.26. The van der Waals surface area contributed by atoms with Gasteiger partial charge in [-0.05, 0) is 60.4 Å². The van der Waals surface area contributed by atoms with Gasteiger partial charge in [-0.1, -0.05) is 24.3 Å². The van der Waals surface area contributed by atoms with Crippen LogP contribution in [0.2, 0.25) is 0 Å². The van der Waals surface area contributed by atoms with Gasteiger partial charge in [0.15, 0.2) is 0 Å². The molecule has 3 aromatic carbocycles. The van der Waals surface area contributed by atoms with Crippen molar-refractivity contribution in [2.75, 3.05) is 21.8 Å². The standard InChI is InChI=1S/C23H21N3O2S/c1-15(27)24-17-9-11-18(12-10-17)26-22(16-7-13-19(29-2)14-8-16)25-21-6-4-3-5-20(21)23(26)28/h3-14,22,25H,1-2H3,(H,24,27)/t22-/m0/s1. The molecule has 6 heteroatoms. The summed E-state index contributed by atoms with van der Waals surface area (Å²) in [5.74, 6) is -0.195. The number of hydrogen-bond acceptors (Lipinski definition) is 4. The monoisotopic (exact) mass is 403 g/mol. The molecule has 0 aromatic heterocycles. The molecule has 0 saturated carbocycles. The summed E-state index contributed by atoms with van der Waals surface area (Å²) >= 11 is 1.68. The zero-order valence-electron chi connectivity index (χ0n) is 16.2. The van der Waals surface area contributed by atoms with E-state index in [4.69, 9.17) is 0 Å². The molecule has 1 aliphatic rings. The molecule has 0 spiro atoms. The predicted molar refractivity (Wildman–Crippen MR) is 119 cm³/mol. The number of amides is 2. The van der Waals surface area contributed by atoms with Crippen molar-refractivity contribution in [3.63, 3.8) is 0 Å². The number of thioether (sulfide) groups is 1. The number of hydrogen-bond donors (Lipinski definition) is 2. The number of rotatable bonds is 4. The average Bonchev–Trinajstić information content (AvgIpc) is 2.74. The first-order valence-corrected chi connectivity index (χ1v) is 10.5. The largest absolute Gasteiger partial charge is 0.360 e. The lowest BCUT2D eigenvalue weighted by atomic mass is 10.0. The van der Waals surface area contributed by atoms with Crippen LogP contribution in [0.3, 0.4) is 0 Å². The highest BCUT2D eigenvalue weighted by Crippen LogP contribution is 2.37. The van der Waals surface area contributed by atoms with Gasteiger partial charge in [0.25, 0.3) is 5.91 Å². The number of fused-ring (bicyclic) bond motifs is 1. The molecule has 0 unspecified atom stereocenters. The second-order valence-electron chi connectivity index (χ2n) is 6.77. The second-order valence-corrected chi connectivity index (χ2v) is 7.65. The molecule has 2 amide bonds. The number of carbonyl (C=O) groups is 2. The summed E-state index contributed by atoms with van der Waals surface area (Å²) in [4.78, 5) is 27.6. The van der Waals surface area contributed by atoms with E-state index in [1.807, 2.05) is 54.8 Å². The van der Waals surface area contributed by atoms with Gasteiger partial charge in [-0.25, -0.2) is 0 Å². The van der Waals surface area contributed by atoms with Gasteiger partial charge in [-0.3, -0.25) is 14.5 Å². The van der Waals surface area contributed by atoms with Crippen LogP contribution in [0.1, 0.15) is 29.0 Å². The van der Waals surface area contributed by atoms with Crippen LogP contribution in [-0.2, 0) is 4.79 Å². The van der Waals surface area contributed by atoms with Gasteiger partial charge in [-0.15, -0.1) is 11.8 Å². The fraction of sp³-hybridized carbons (Fsp3) is 0.130. The van der Waals surface area contributed by atoms with Crippen LogP contribution in [0, 0.1) is 0 Å². The Kier molecular flexibility index (Phi) is 5.27. The molecule has 0 aliphatic carbocycles. The van der Waals surface area contributed by atoms with Crippen molar-refractivity contribution in [3.05, 3.63) is 83.9 Å². The lowest BCUT2D eigenvalue weighted by molar-refractivity contribution is -0.114. The first kappa shape index (κ1) is 19.1. The van der Waals surface area contributed by atoms with Crippen LogP contribution in [0.25, 0.3) is 0 Å². The molecule has 0 bridgehead atoms. The number of benzene rings is 3. The Balaban J connectivity index is 1.76. The van der Waals surface area contributed by atoms with E-state index in [0.29, 0.717) is 11.3 Å². The van der Waals surface area contributed by atoms with E-state index in [2.05, 4.69) is 22.8 Å². The van der Waals surface area contributed by atoms with E-state index in [-0.39, 0.29) is 18.0 Å². The average molecular weight is 404 g/mol. The fourth-order valence-electron chi connectivity index (χ4n) is 3.45. The van der Waals surface area contributed by atoms with Gasteiger partial charge in [0.2, 0.25) is 5.91 Å². The first-order valence-electron chi connectivity index (χ1n) is 9.27. The van der Waals surface area contributed by atoms with Gasteiger partial charge in [-0.2, -0.15) is 0 Å². The maximum Gasteiger partial charge on any atom is 0.262 e. The van der Waals surface area contributed by atoms with Gasteiger partial charge in [0, 0.05) is 28.9 Å². The smallest absolute Gasteiger partial charge is 0.262 e. The minimum Gasteiger partial charge on any atom is -0.360 e. The second kappa shape index (κ2) is 8.01. The van der Waals surface area contributed by atoms with Gasteiger partial charge >= 0.3 is 0 Å². The van der Waals surface area contributed by atoms with Gasteiger partial charge in [0.05, 0.1) is 5.56 Å². The summed E-state index contributed by atoms with van der Waals surface area (Å²) in [5.41, 5.74) is 3.90. The molecule has 2 N–H and O–H groups in total. The maximum absolute atomic E-state index is 13.4. The zero-order valence-corrected chi connectivity index (χ0v) is 17.0. The number of carbonyl (C=O) groups excluding carboxylic acids is 2. The molecular formula is C23H21N3O2S. The third-order valence-corrected chi connectivity index (χ3v) is 5.57. The third kappa shape index (κ3) is 3.84. The van der Waals surface area contributed by atoms with Gasteiger partial charge < -0.3 is 10.6 Å². The van der Waals surface area contributed by atoms with Crippen molar-refractivity contribution in [1.82, 2.24) is 0 Å². The molecular weight excluding hydrogens is 382 g/mol. The van der Waals surface area contributed by atoms with E-state index in [0.717, 1.165) is 16.9 Å². The zero-order chi connectivity index (χ0) is 20.4. The number of para-hydroxylation sites is 1. The molecule has 3 aromatic rings. The van der Waals surface area contributed by atoms with E-state index in [9.17, 15) is 9.59 Å². The summed E-state index contributed by atoms with van der Waals surface area (Å²) in [6.45, 7) is 1.47. The van der Waals surface area contributed by atoms with Crippen LogP contribution >= 0.6 is 11.8 Å². The molecule has 0 saturated heterocycles. The number of anilines is 3. The minimum absolute atomic E-state index is 0.0643. The highest BCUT2D eigenvalue weighted by atomic mass is 32.2. The van der Waals surface area contributed by atoms with Crippen molar-refractivity contribution in [2.45, 2.75) is 18.0 Å². The van der Waals surface area contributed by atoms with Crippen molar-refractivity contribution >= 4 is 40.6 Å². The Morgan fingerprint density at radius 1 is 1.00 bits per heavy atom. The van der Waals surface area contributed by atoms with Crippen LogP contribution < -0.4 is 15.5 Å². The van der Waals surface area contributed by atoms with Crippen LogP contribution in [0.5, 0.6) is 0 Å². The third-order valence-electron chi connectivity index (χ3n) is 4.82. The highest BCUT2D eigenvalue weighted by Gasteiger charge is 2.33. The van der Waals surface area contributed by atoms with E-state index >= 15 is 0 Å². The molecule has 146 valence electrons. The molecule has 4 rings (SSSR count). The molecule has 29 heavy (non-hydrogen) atoms. The lowest BCUT2D eigenvalue weighted by Crippen LogP contribution is -2.43. The Morgan fingerprint density at radius 3 is 2.34 bits per heavy atom. The van der Waals surface area contributed by atoms with E-state index in [1.165, 1.54) is 11.8 Å². The summed E-state index contributed by atoms with van der Waals surface area (Å²) in [7, 11) is 0. The van der Waals surface area contributed by atoms with Crippen LogP contribution in [0.4, 0.5) is 17.1 Å². The Bertz CT molecular complexity index is 1050. The quantitative estimate of drug-likeness (QED) is 0.592. The molecule has 5 nitrogen and oxygen atoms in total. The SMILES string of the molecule is CSc1ccc([C@H]2Nc3ccccc3C(=O)N2c2ccc(NC(C)=O)cc2)cc1. The number of nitrogens with one attached hydrogen (secondary N) is 2. The molecule has 0 fully saturated rings. The fourth-order valence-corrected chi connectivity index (χ4v) is 3.86. The Hall–Kier alpha value is -3.25. The van der Waals surface area contributed by atoms with Crippen molar-refractivity contribution in [3.8, 4) is 0 Å². The predicted octanol–water partition coefficient (Wildman–Crippen LogP) is 5.14. The molecule has 1 atom stereocenters. The Labute approximate surface area is 174 Å². The first-order chi connectivity index (χ1) is 14.1. The van der Waals surface area contributed by atoms with Gasteiger partial charge in [0.1, 0.15) is 6.17 Å². The molecule has 1 heterocycles. The maximum atomic E-state index is 13.4. The normalized spacial score (nSPS) is 15.4. The minimum atomic E-state index is -0.333. The molecule has 0 radical (unpaired) electrons. The van der Waals surface area contributed by atoms with Crippen molar-refractivity contribution < 1.29 is 9.59 Å². The number of nitrogens with zero attached hydrogens (tertiary/aromatic N) is 1. The summed E-state index contributed by atoms with van der Waals surface area (Å²) in [6.07, 6.45) is 1.70. The highest BCUT2D eigenvalue weighted by molar-refractivity contribution is 7.98. The van der Waals surface area contributed by atoms with E-state index < -0.39 is 0 Å². The van der Waals surface area contributed by atoms with Crippen molar-refractivity contribution in [2.24, 2.45) is 0 Å². The van der Waals surface area contributed by atoms with Crippen molar-refractivity contribution in [1.29, 1.82) is 0 Å². The topological polar surface area (TPSA) is 61.4 Å². The van der Waals surface area contributed by atoms with Crippen LogP contribution in [0.15, 0.2) is 77.7 Å². The lowest BCUT2D eigenvalue weighted by Gasteiger charge is -2.38. The van der Waals surface area contributed by atoms with E-state index in [1.54, 1.807) is 28.8 Å². The molecule has 1 aliphatic heterocycles. The van der Waals surface area contributed by atoms with Crippen LogP contribution in [-0.4, -0.2) is 18.1 Å². The Morgan fingerprint density at radius 2 is 1.69 bits per heavy atom. The summed E-state index contributed by atoms with van der Waals surface area (Å²) in [6, 6.07) is 23.1.